The normalized spacial score (nSPS) is 17.3. The maximum atomic E-state index is 5.66. The van der Waals surface area contributed by atoms with E-state index in [0.717, 1.165) is 30.0 Å². The Morgan fingerprint density at radius 2 is 2.05 bits per heavy atom. The van der Waals surface area contributed by atoms with Crippen LogP contribution < -0.4 is 16.0 Å². The number of ether oxygens (including phenoxy) is 1. The number of aryl methyl sites for hydroxylation is 1. The molecule has 3 N–H and O–H groups in total. The molecule has 0 unspecified atom stereocenters. The molecular weight excluding hydrogens is 238 g/mol. The minimum Gasteiger partial charge on any atom is -0.496 e. The number of methoxy groups -OCH3 is 1. The predicted molar refractivity (Wildman–Crippen MR) is 78.5 cm³/mol. The SMILES string of the molecule is COc1ccc(C)cc1C(=NC1CCCCC1)NN. The van der Waals surface area contributed by atoms with Crippen molar-refractivity contribution >= 4 is 5.84 Å². The fourth-order valence-electron chi connectivity index (χ4n) is 2.58. The summed E-state index contributed by atoms with van der Waals surface area (Å²) in [5.74, 6) is 7.19. The van der Waals surface area contributed by atoms with Crippen molar-refractivity contribution in [3.63, 3.8) is 0 Å². The molecule has 104 valence electrons. The summed E-state index contributed by atoms with van der Waals surface area (Å²) < 4.78 is 5.40. The van der Waals surface area contributed by atoms with E-state index in [9.17, 15) is 0 Å². The van der Waals surface area contributed by atoms with Gasteiger partial charge in [0.15, 0.2) is 0 Å². The molecule has 0 atom stereocenters. The summed E-state index contributed by atoms with van der Waals surface area (Å²) in [6.07, 6.45) is 6.15. The second-order valence-corrected chi connectivity index (χ2v) is 5.12. The van der Waals surface area contributed by atoms with Crippen molar-refractivity contribution in [2.45, 2.75) is 45.1 Å². The zero-order valence-corrected chi connectivity index (χ0v) is 11.8. The van der Waals surface area contributed by atoms with Crippen LogP contribution in [0.4, 0.5) is 0 Å². The van der Waals surface area contributed by atoms with Gasteiger partial charge in [-0.25, -0.2) is 5.84 Å². The lowest BCUT2D eigenvalue weighted by Gasteiger charge is -2.20. The highest BCUT2D eigenvalue weighted by Gasteiger charge is 2.15. The van der Waals surface area contributed by atoms with Gasteiger partial charge in [0, 0.05) is 0 Å². The molecule has 0 spiro atoms. The second-order valence-electron chi connectivity index (χ2n) is 5.12. The molecule has 2 rings (SSSR count). The molecule has 0 aromatic heterocycles. The van der Waals surface area contributed by atoms with Crippen molar-refractivity contribution in [2.24, 2.45) is 10.8 Å². The Labute approximate surface area is 115 Å². The quantitative estimate of drug-likeness (QED) is 0.380. The first-order valence-corrected chi connectivity index (χ1v) is 6.94. The van der Waals surface area contributed by atoms with Gasteiger partial charge in [-0.15, -0.1) is 0 Å². The van der Waals surface area contributed by atoms with Crippen LogP contribution in [-0.2, 0) is 0 Å². The van der Waals surface area contributed by atoms with Gasteiger partial charge in [-0.05, 0) is 31.9 Å². The predicted octanol–water partition coefficient (Wildman–Crippen LogP) is 2.55. The lowest BCUT2D eigenvalue weighted by molar-refractivity contribution is 0.413. The Bertz CT molecular complexity index is 451. The third-order valence-corrected chi connectivity index (χ3v) is 3.63. The lowest BCUT2D eigenvalue weighted by Crippen LogP contribution is -2.33. The summed E-state index contributed by atoms with van der Waals surface area (Å²) >= 11 is 0. The zero-order valence-electron chi connectivity index (χ0n) is 11.8. The van der Waals surface area contributed by atoms with Crippen LogP contribution in [-0.4, -0.2) is 19.0 Å². The van der Waals surface area contributed by atoms with Gasteiger partial charge in [0.25, 0.3) is 0 Å². The summed E-state index contributed by atoms with van der Waals surface area (Å²) in [7, 11) is 1.67. The van der Waals surface area contributed by atoms with Crippen LogP contribution in [0.25, 0.3) is 0 Å². The first kappa shape index (κ1) is 13.9. The van der Waals surface area contributed by atoms with Gasteiger partial charge >= 0.3 is 0 Å². The van der Waals surface area contributed by atoms with Crippen LogP contribution >= 0.6 is 0 Å². The number of hydrogen-bond acceptors (Lipinski definition) is 3. The average Bonchev–Trinajstić information content (AvgIpc) is 2.46. The highest BCUT2D eigenvalue weighted by atomic mass is 16.5. The van der Waals surface area contributed by atoms with Crippen molar-refractivity contribution in [2.75, 3.05) is 7.11 Å². The first-order chi connectivity index (χ1) is 9.24. The monoisotopic (exact) mass is 261 g/mol. The molecule has 4 heteroatoms. The molecule has 1 aromatic carbocycles. The number of nitrogens with one attached hydrogen (secondary N) is 1. The number of nitrogens with zero attached hydrogens (tertiary/aromatic N) is 1. The largest absolute Gasteiger partial charge is 0.496 e. The molecule has 0 radical (unpaired) electrons. The van der Waals surface area contributed by atoms with Gasteiger partial charge < -0.3 is 10.2 Å². The lowest BCUT2D eigenvalue weighted by atomic mass is 9.96. The number of hydrazine groups is 1. The van der Waals surface area contributed by atoms with E-state index in [-0.39, 0.29) is 0 Å². The Morgan fingerprint density at radius 1 is 1.32 bits per heavy atom. The third-order valence-electron chi connectivity index (χ3n) is 3.63. The van der Waals surface area contributed by atoms with Crippen LogP contribution in [0.1, 0.15) is 43.2 Å². The molecule has 0 bridgehead atoms. The summed E-state index contributed by atoms with van der Waals surface area (Å²) in [4.78, 5) is 4.77. The van der Waals surface area contributed by atoms with E-state index in [2.05, 4.69) is 18.4 Å². The minimum atomic E-state index is 0.380. The van der Waals surface area contributed by atoms with Crippen molar-refractivity contribution in [3.8, 4) is 5.75 Å². The minimum absolute atomic E-state index is 0.380. The van der Waals surface area contributed by atoms with Gasteiger partial charge in [-0.1, -0.05) is 30.9 Å². The van der Waals surface area contributed by atoms with E-state index in [1.165, 1.54) is 24.8 Å². The second kappa shape index (κ2) is 6.57. The van der Waals surface area contributed by atoms with Crippen LogP contribution in [0.3, 0.4) is 0 Å². The molecule has 0 heterocycles. The van der Waals surface area contributed by atoms with Crippen LogP contribution in [0.5, 0.6) is 5.75 Å². The molecule has 4 nitrogen and oxygen atoms in total. The zero-order chi connectivity index (χ0) is 13.7. The van der Waals surface area contributed by atoms with Crippen molar-refractivity contribution in [3.05, 3.63) is 29.3 Å². The molecule has 1 aliphatic carbocycles. The van der Waals surface area contributed by atoms with E-state index < -0.39 is 0 Å². The molecule has 1 aliphatic rings. The van der Waals surface area contributed by atoms with Crippen LogP contribution in [0.15, 0.2) is 23.2 Å². The summed E-state index contributed by atoms with van der Waals surface area (Å²) in [6, 6.07) is 6.42. The molecular formula is C15H23N3O. The topological polar surface area (TPSA) is 59.6 Å². The molecule has 0 aliphatic heterocycles. The summed E-state index contributed by atoms with van der Waals surface area (Å²) in [5.41, 5.74) is 4.85. The standard InChI is InChI=1S/C15H23N3O/c1-11-8-9-14(19-2)13(10-11)15(18-16)17-12-6-4-3-5-7-12/h8-10,12H,3-7,16H2,1-2H3,(H,17,18). The van der Waals surface area contributed by atoms with Gasteiger partial charge in [-0.2, -0.15) is 0 Å². The van der Waals surface area contributed by atoms with Gasteiger partial charge in [0.05, 0.1) is 18.7 Å². The van der Waals surface area contributed by atoms with Gasteiger partial charge in [0.1, 0.15) is 11.6 Å². The van der Waals surface area contributed by atoms with E-state index in [1.807, 2.05) is 12.1 Å². The molecule has 1 fully saturated rings. The van der Waals surface area contributed by atoms with E-state index >= 15 is 0 Å². The Kier molecular flexibility index (Phi) is 4.80. The average molecular weight is 261 g/mol. The van der Waals surface area contributed by atoms with Gasteiger partial charge in [-0.3, -0.25) is 4.99 Å². The van der Waals surface area contributed by atoms with Crippen molar-refractivity contribution in [1.29, 1.82) is 0 Å². The summed E-state index contributed by atoms with van der Waals surface area (Å²) in [5, 5.41) is 0. The Hall–Kier alpha value is -1.55. The summed E-state index contributed by atoms with van der Waals surface area (Å²) in [6.45, 7) is 2.05. The highest BCUT2D eigenvalue weighted by Crippen LogP contribution is 2.23. The molecule has 1 saturated carbocycles. The first-order valence-electron chi connectivity index (χ1n) is 6.94. The van der Waals surface area contributed by atoms with Crippen molar-refractivity contribution < 1.29 is 4.74 Å². The third kappa shape index (κ3) is 3.47. The van der Waals surface area contributed by atoms with Crippen LogP contribution in [0.2, 0.25) is 0 Å². The number of amidine groups is 1. The Balaban J connectivity index is 2.29. The number of nitrogens with two attached hydrogens (primary N) is 1. The number of rotatable bonds is 3. The number of benzene rings is 1. The maximum absolute atomic E-state index is 5.66. The molecule has 0 amide bonds. The smallest absolute Gasteiger partial charge is 0.146 e. The fraction of sp³-hybridized carbons (Fsp3) is 0.533. The van der Waals surface area contributed by atoms with E-state index in [0.29, 0.717) is 6.04 Å². The Morgan fingerprint density at radius 3 is 2.68 bits per heavy atom. The van der Waals surface area contributed by atoms with Gasteiger partial charge in [0.2, 0.25) is 0 Å². The fourth-order valence-corrected chi connectivity index (χ4v) is 2.58. The van der Waals surface area contributed by atoms with Crippen LogP contribution in [0, 0.1) is 6.92 Å². The number of hydrogen-bond donors (Lipinski definition) is 2. The maximum Gasteiger partial charge on any atom is 0.146 e. The van der Waals surface area contributed by atoms with E-state index in [1.54, 1.807) is 7.11 Å². The highest BCUT2D eigenvalue weighted by molar-refractivity contribution is 6.01. The molecule has 0 saturated heterocycles. The molecule has 19 heavy (non-hydrogen) atoms. The van der Waals surface area contributed by atoms with E-state index in [4.69, 9.17) is 15.6 Å². The van der Waals surface area contributed by atoms with Crippen molar-refractivity contribution in [1.82, 2.24) is 5.43 Å². The molecule has 1 aromatic rings. The number of aliphatic imine (C=N–C) groups is 1.